The third-order valence-corrected chi connectivity index (χ3v) is 10.1. The predicted molar refractivity (Wildman–Crippen MR) is 105 cm³/mol. The molecule has 21 heavy (non-hydrogen) atoms. The number of rotatable bonds is 8. The molecule has 0 aromatic carbocycles. The van der Waals surface area contributed by atoms with Crippen molar-refractivity contribution >= 4 is 33.2 Å². The molecule has 0 spiro atoms. The molecular weight excluding hydrogens is 410 g/mol. The molecule has 0 N–H and O–H groups in total. The number of hydrogen-bond donors (Lipinski definition) is 0. The van der Waals surface area contributed by atoms with E-state index < -0.39 is 37.0 Å². The maximum atomic E-state index is 4.93. The first-order valence-corrected chi connectivity index (χ1v) is 20.8. The minimum atomic E-state index is -0.863. The van der Waals surface area contributed by atoms with Crippen LogP contribution in [0, 0.1) is 25.9 Å². The molecule has 0 rings (SSSR count). The average molecular weight is 447 g/mol. The Bertz CT molecular complexity index is 181. The van der Waals surface area contributed by atoms with Crippen molar-refractivity contribution in [1.82, 2.24) is 0 Å². The molecule has 0 heterocycles. The summed E-state index contributed by atoms with van der Waals surface area (Å²) in [5, 5.41) is 0. The van der Waals surface area contributed by atoms with Crippen LogP contribution >= 0.6 is 17.0 Å². The standard InChI is InChI=1S/2C8H18Si.2ClH.Zr/c2*1-5-7-8-9(3,4)6-2;;;/h2*8H,1,5-7H2,2-4H3;2*1H;/q2*-2;;;+2/p-2. The average Bonchev–Trinajstić information content (AvgIpc) is 2.45. The van der Waals surface area contributed by atoms with Crippen molar-refractivity contribution in [3.63, 3.8) is 0 Å². The van der Waals surface area contributed by atoms with Crippen LogP contribution in [-0.4, -0.2) is 16.1 Å². The second-order valence-electron chi connectivity index (χ2n) is 6.45. The van der Waals surface area contributed by atoms with Gasteiger partial charge in [-0.2, -0.15) is 0 Å². The molecule has 0 bridgehead atoms. The van der Waals surface area contributed by atoms with Crippen LogP contribution in [0.4, 0.5) is 0 Å². The van der Waals surface area contributed by atoms with Gasteiger partial charge in [0.25, 0.3) is 0 Å². The van der Waals surface area contributed by atoms with Crippen LogP contribution in [0.25, 0.3) is 0 Å². The maximum absolute atomic E-state index is 4.93. The van der Waals surface area contributed by atoms with Gasteiger partial charge in [0.05, 0.1) is 0 Å². The summed E-state index contributed by atoms with van der Waals surface area (Å²) in [5.41, 5.74) is 0. The summed E-state index contributed by atoms with van der Waals surface area (Å²) in [4.78, 5) is 0. The molecule has 5 heteroatoms. The summed E-state index contributed by atoms with van der Waals surface area (Å²) in [5.74, 6) is 0. The van der Waals surface area contributed by atoms with Crippen LogP contribution in [-0.2, 0) is 20.8 Å². The van der Waals surface area contributed by atoms with E-state index in [-0.39, 0.29) is 0 Å². The van der Waals surface area contributed by atoms with Crippen molar-refractivity contribution in [3.05, 3.63) is 25.9 Å². The van der Waals surface area contributed by atoms with E-state index in [2.05, 4.69) is 66.0 Å². The fourth-order valence-electron chi connectivity index (χ4n) is 1.27. The third kappa shape index (κ3) is 27.1. The summed E-state index contributed by atoms with van der Waals surface area (Å²) >= 11 is -0.826. The van der Waals surface area contributed by atoms with Gasteiger partial charge in [0.15, 0.2) is 0 Å². The van der Waals surface area contributed by atoms with Crippen molar-refractivity contribution in [1.29, 1.82) is 0 Å². The number of halogens is 2. The summed E-state index contributed by atoms with van der Waals surface area (Å²) < 4.78 is 0. The molecule has 130 valence electrons. The monoisotopic (exact) mass is 444 g/mol. The molecule has 0 saturated heterocycles. The van der Waals surface area contributed by atoms with Crippen LogP contribution < -0.4 is 0 Å². The first kappa shape index (κ1) is 27.7. The zero-order chi connectivity index (χ0) is 17.4. The van der Waals surface area contributed by atoms with Crippen molar-refractivity contribution in [3.8, 4) is 0 Å². The third-order valence-electron chi connectivity index (χ3n) is 3.62. The number of unbranched alkanes of at least 4 members (excludes halogenated alkanes) is 2. The molecule has 0 fully saturated rings. The van der Waals surface area contributed by atoms with Crippen molar-refractivity contribution < 1.29 is 20.8 Å². The van der Waals surface area contributed by atoms with Crippen LogP contribution in [0.1, 0.15) is 39.5 Å². The fourth-order valence-corrected chi connectivity index (χ4v) is 3.82. The van der Waals surface area contributed by atoms with Gasteiger partial charge in [0.1, 0.15) is 0 Å². The van der Waals surface area contributed by atoms with Crippen LogP contribution in [0.2, 0.25) is 38.3 Å². The Morgan fingerprint density at radius 2 is 1.05 bits per heavy atom. The summed E-state index contributed by atoms with van der Waals surface area (Å²) in [6, 6.07) is 7.74. The van der Waals surface area contributed by atoms with Crippen molar-refractivity contribution in [2.75, 3.05) is 0 Å². The fraction of sp³-hybridized carbons (Fsp3) is 0.750. The Kier molecular flexibility index (Phi) is 24.1. The Labute approximate surface area is 156 Å². The molecule has 0 saturated carbocycles. The SMILES string of the molecule is [CH2-]CC[CH-][Si](C)(C)CC.[CH2-]CC[CH-][Si](C)(C)CC.[Cl][Zr][Cl]. The first-order valence-electron chi connectivity index (χ1n) is 7.89. The van der Waals surface area contributed by atoms with E-state index >= 15 is 0 Å². The molecule has 0 atom stereocenters. The zero-order valence-corrected chi connectivity index (χ0v) is 21.0. The summed E-state index contributed by atoms with van der Waals surface area (Å²) in [7, 11) is 8.14. The first-order chi connectivity index (χ1) is 9.66. The van der Waals surface area contributed by atoms with E-state index in [4.69, 9.17) is 17.0 Å². The Hall–Kier alpha value is 1.90. The topological polar surface area (TPSA) is 0 Å². The van der Waals surface area contributed by atoms with Crippen molar-refractivity contribution in [2.24, 2.45) is 0 Å². The molecule has 0 aromatic heterocycles. The van der Waals surface area contributed by atoms with Gasteiger partial charge in [0, 0.05) is 0 Å². The molecule has 0 aromatic rings. The van der Waals surface area contributed by atoms with Crippen LogP contribution in [0.5, 0.6) is 0 Å². The minimum absolute atomic E-state index is 0.826. The molecule has 0 aliphatic carbocycles. The van der Waals surface area contributed by atoms with E-state index in [9.17, 15) is 0 Å². The van der Waals surface area contributed by atoms with Gasteiger partial charge in [-0.1, -0.05) is 68.3 Å². The van der Waals surface area contributed by atoms with Crippen LogP contribution in [0.15, 0.2) is 0 Å². The van der Waals surface area contributed by atoms with E-state index in [1.807, 2.05) is 0 Å². The number of hydrogen-bond acceptors (Lipinski definition) is 0. The van der Waals surface area contributed by atoms with Gasteiger partial charge in [-0.3, -0.25) is 0 Å². The van der Waals surface area contributed by atoms with E-state index in [1.165, 1.54) is 24.9 Å². The quantitative estimate of drug-likeness (QED) is 0.267. The zero-order valence-electron chi connectivity index (χ0n) is 15.1. The Balaban J connectivity index is -0.000000260. The molecule has 0 nitrogen and oxygen atoms in total. The van der Waals surface area contributed by atoms with Crippen molar-refractivity contribution in [2.45, 2.75) is 77.8 Å². The van der Waals surface area contributed by atoms with E-state index in [1.54, 1.807) is 0 Å². The summed E-state index contributed by atoms with van der Waals surface area (Å²) in [6.45, 7) is 21.8. The van der Waals surface area contributed by atoms with Crippen LogP contribution in [0.3, 0.4) is 0 Å². The predicted octanol–water partition coefficient (Wildman–Crippen LogP) is 7.52. The van der Waals surface area contributed by atoms with E-state index in [0.717, 1.165) is 12.8 Å². The molecule has 0 aliphatic heterocycles. The molecule has 0 unspecified atom stereocenters. The van der Waals surface area contributed by atoms with Gasteiger partial charge < -0.3 is 25.9 Å². The van der Waals surface area contributed by atoms with Gasteiger partial charge >= 0.3 is 37.9 Å². The van der Waals surface area contributed by atoms with Gasteiger partial charge in [-0.15, -0.1) is 0 Å². The van der Waals surface area contributed by atoms with E-state index in [0.29, 0.717) is 0 Å². The Morgan fingerprint density at radius 3 is 1.19 bits per heavy atom. The molecule has 0 radical (unpaired) electrons. The van der Waals surface area contributed by atoms with Gasteiger partial charge in [-0.25, -0.2) is 25.7 Å². The molecular formula is C16H36Cl2Si2Zr-4. The second kappa shape index (κ2) is 18.2. The summed E-state index contributed by atoms with van der Waals surface area (Å²) in [6.07, 6.45) is 4.56. The second-order valence-corrected chi connectivity index (χ2v) is 20.4. The Morgan fingerprint density at radius 1 is 0.810 bits per heavy atom. The molecule has 0 aliphatic rings. The van der Waals surface area contributed by atoms with Gasteiger partial charge in [0.2, 0.25) is 0 Å². The molecule has 0 amide bonds. The normalized spacial score (nSPS) is 11.0. The van der Waals surface area contributed by atoms with Gasteiger partial charge in [-0.05, 0) is 0 Å².